The summed E-state index contributed by atoms with van der Waals surface area (Å²) >= 11 is 1.62. The summed E-state index contributed by atoms with van der Waals surface area (Å²) < 4.78 is 1.10. The van der Waals surface area contributed by atoms with Crippen molar-refractivity contribution in [2.45, 2.75) is 44.9 Å². The quantitative estimate of drug-likeness (QED) is 0.242. The number of aromatic nitrogens is 1. The van der Waals surface area contributed by atoms with E-state index in [4.69, 9.17) is 4.98 Å². The fourth-order valence-corrected chi connectivity index (χ4v) is 6.66. The van der Waals surface area contributed by atoms with Crippen LogP contribution >= 0.6 is 11.3 Å². The molecule has 0 saturated heterocycles. The summed E-state index contributed by atoms with van der Waals surface area (Å²) in [5.74, 6) is -1.76. The molecule has 1 aliphatic carbocycles. The largest absolute Gasteiger partial charge is 0.481 e. The molecular weight excluding hydrogens is 484 g/mol. The summed E-state index contributed by atoms with van der Waals surface area (Å²) in [7, 11) is 0. The maximum absolute atomic E-state index is 11.8. The summed E-state index contributed by atoms with van der Waals surface area (Å²) in [6, 6.07) is 20.7. The molecule has 0 aliphatic heterocycles. The van der Waals surface area contributed by atoms with Crippen molar-refractivity contribution >= 4 is 39.2 Å². The molecule has 5 rings (SSSR count). The third-order valence-electron chi connectivity index (χ3n) is 7.54. The summed E-state index contributed by atoms with van der Waals surface area (Å²) in [5.41, 5.74) is 6.38. The topological polar surface area (TPSA) is 90.7 Å². The summed E-state index contributed by atoms with van der Waals surface area (Å²) in [4.78, 5) is 30.7. The SMILES string of the molecule is CCN(CC)c1ccc2c(c1)C(CCC(=O)O)(CCC(=O)O)c1cc(-c3nc4ccccc4s3)ccc1-2. The Balaban J connectivity index is 1.71. The van der Waals surface area contributed by atoms with Crippen molar-refractivity contribution in [1.82, 2.24) is 4.98 Å². The third-order valence-corrected chi connectivity index (χ3v) is 8.63. The van der Waals surface area contributed by atoms with Crippen molar-refractivity contribution in [3.8, 4) is 21.7 Å². The highest BCUT2D eigenvalue weighted by Gasteiger charge is 2.44. The summed E-state index contributed by atoms with van der Waals surface area (Å²) in [5, 5.41) is 20.2. The molecule has 0 fully saturated rings. The van der Waals surface area contributed by atoms with E-state index in [2.05, 4.69) is 61.2 Å². The van der Waals surface area contributed by atoms with Gasteiger partial charge in [0.05, 0.1) is 10.2 Å². The molecule has 3 aromatic carbocycles. The van der Waals surface area contributed by atoms with E-state index < -0.39 is 17.4 Å². The van der Waals surface area contributed by atoms with Gasteiger partial charge in [-0.05, 0) is 79.3 Å². The highest BCUT2D eigenvalue weighted by Crippen LogP contribution is 2.55. The predicted molar refractivity (Wildman–Crippen MR) is 149 cm³/mol. The Morgan fingerprint density at radius 1 is 0.865 bits per heavy atom. The predicted octanol–water partition coefficient (Wildman–Crippen LogP) is 6.81. The number of hydrogen-bond donors (Lipinski definition) is 2. The number of carboxylic acid groups (broad SMARTS) is 2. The molecule has 190 valence electrons. The molecule has 37 heavy (non-hydrogen) atoms. The second-order valence-corrected chi connectivity index (χ2v) is 10.5. The van der Waals surface area contributed by atoms with E-state index >= 15 is 0 Å². The minimum Gasteiger partial charge on any atom is -0.481 e. The molecule has 0 bridgehead atoms. The maximum Gasteiger partial charge on any atom is 0.303 e. The first-order chi connectivity index (χ1) is 17.9. The molecule has 1 heterocycles. The fourth-order valence-electron chi connectivity index (χ4n) is 5.70. The standard InChI is InChI=1S/C30H30N2O4S/c1-3-32(4-2)20-10-12-22-21-11-9-19(29-31-25-7-5-6-8-26(25)37-29)17-23(21)30(24(22)18-20,15-13-27(33)34)16-14-28(35)36/h5-12,17-18H,3-4,13-16H2,1-2H3,(H,33,34)(H,35,36). The van der Waals surface area contributed by atoms with Crippen LogP contribution in [0.25, 0.3) is 31.9 Å². The molecule has 7 heteroatoms. The Morgan fingerprint density at radius 2 is 1.49 bits per heavy atom. The molecule has 4 aromatic rings. The number of carbonyl (C=O) groups is 2. The molecule has 0 saturated carbocycles. The number of benzene rings is 3. The molecule has 0 unspecified atom stereocenters. The van der Waals surface area contributed by atoms with Gasteiger partial charge in [0.15, 0.2) is 0 Å². The number of anilines is 1. The van der Waals surface area contributed by atoms with E-state index in [0.717, 1.165) is 61.8 Å². The zero-order chi connectivity index (χ0) is 26.2. The Bertz CT molecular complexity index is 1440. The second kappa shape index (κ2) is 9.98. The maximum atomic E-state index is 11.8. The van der Waals surface area contributed by atoms with Gasteiger partial charge in [-0.15, -0.1) is 11.3 Å². The van der Waals surface area contributed by atoms with Crippen LogP contribution in [0.15, 0.2) is 60.7 Å². The van der Waals surface area contributed by atoms with Gasteiger partial charge >= 0.3 is 11.9 Å². The van der Waals surface area contributed by atoms with Crippen LogP contribution < -0.4 is 4.90 Å². The fraction of sp³-hybridized carbons (Fsp3) is 0.300. The molecule has 2 N–H and O–H groups in total. The minimum absolute atomic E-state index is 0.0423. The van der Waals surface area contributed by atoms with Crippen molar-refractivity contribution in [2.24, 2.45) is 0 Å². The molecule has 0 atom stereocenters. The Labute approximate surface area is 220 Å². The van der Waals surface area contributed by atoms with Crippen LogP contribution in [0.4, 0.5) is 5.69 Å². The third kappa shape index (κ3) is 4.48. The van der Waals surface area contributed by atoms with Crippen molar-refractivity contribution in [2.75, 3.05) is 18.0 Å². The van der Waals surface area contributed by atoms with Crippen LogP contribution in [0.5, 0.6) is 0 Å². The van der Waals surface area contributed by atoms with Gasteiger partial charge in [0.1, 0.15) is 5.01 Å². The molecule has 1 aliphatic rings. The zero-order valence-electron chi connectivity index (χ0n) is 21.0. The van der Waals surface area contributed by atoms with Crippen LogP contribution in [-0.4, -0.2) is 40.2 Å². The molecule has 0 spiro atoms. The first-order valence-corrected chi connectivity index (χ1v) is 13.5. The number of fused-ring (bicyclic) bond motifs is 4. The number of thiazole rings is 1. The Hall–Kier alpha value is -3.71. The van der Waals surface area contributed by atoms with Crippen molar-refractivity contribution < 1.29 is 19.8 Å². The smallest absolute Gasteiger partial charge is 0.303 e. The van der Waals surface area contributed by atoms with Crippen molar-refractivity contribution in [1.29, 1.82) is 0 Å². The normalized spacial score (nSPS) is 13.4. The van der Waals surface area contributed by atoms with E-state index in [-0.39, 0.29) is 12.8 Å². The molecule has 6 nitrogen and oxygen atoms in total. The van der Waals surface area contributed by atoms with E-state index in [9.17, 15) is 19.8 Å². The molecule has 0 radical (unpaired) electrons. The molecular formula is C30H30N2O4S. The van der Waals surface area contributed by atoms with Gasteiger partial charge in [0, 0.05) is 42.6 Å². The van der Waals surface area contributed by atoms with Gasteiger partial charge in [-0.2, -0.15) is 0 Å². The molecule has 0 amide bonds. The van der Waals surface area contributed by atoms with E-state index in [0.29, 0.717) is 12.8 Å². The van der Waals surface area contributed by atoms with Crippen LogP contribution in [0, 0.1) is 0 Å². The number of nitrogens with zero attached hydrogens (tertiary/aromatic N) is 2. The lowest BCUT2D eigenvalue weighted by Gasteiger charge is -2.33. The van der Waals surface area contributed by atoms with Gasteiger partial charge in [-0.25, -0.2) is 4.98 Å². The van der Waals surface area contributed by atoms with Gasteiger partial charge in [-0.3, -0.25) is 9.59 Å². The van der Waals surface area contributed by atoms with Gasteiger partial charge in [-0.1, -0.05) is 30.3 Å². The average Bonchev–Trinajstić information content (AvgIpc) is 3.44. The lowest BCUT2D eigenvalue weighted by Crippen LogP contribution is -2.28. The average molecular weight is 515 g/mol. The van der Waals surface area contributed by atoms with Crippen LogP contribution in [0.1, 0.15) is 50.7 Å². The number of aliphatic carboxylic acids is 2. The minimum atomic E-state index is -0.882. The number of para-hydroxylation sites is 1. The molecule has 1 aromatic heterocycles. The van der Waals surface area contributed by atoms with Crippen molar-refractivity contribution in [3.05, 3.63) is 71.8 Å². The zero-order valence-corrected chi connectivity index (χ0v) is 21.8. The second-order valence-electron chi connectivity index (χ2n) is 9.52. The highest BCUT2D eigenvalue weighted by molar-refractivity contribution is 7.21. The van der Waals surface area contributed by atoms with Crippen LogP contribution in [0.3, 0.4) is 0 Å². The van der Waals surface area contributed by atoms with E-state index in [1.54, 1.807) is 11.3 Å². The summed E-state index contributed by atoms with van der Waals surface area (Å²) in [6.45, 7) is 5.91. The van der Waals surface area contributed by atoms with Crippen molar-refractivity contribution in [3.63, 3.8) is 0 Å². The number of rotatable bonds is 10. The summed E-state index contributed by atoms with van der Waals surface area (Å²) in [6.07, 6.45) is 0.583. The lowest BCUT2D eigenvalue weighted by molar-refractivity contribution is -0.137. The number of hydrogen-bond acceptors (Lipinski definition) is 5. The first-order valence-electron chi connectivity index (χ1n) is 12.7. The van der Waals surface area contributed by atoms with Gasteiger partial charge in [0.2, 0.25) is 0 Å². The lowest BCUT2D eigenvalue weighted by atomic mass is 9.71. The highest BCUT2D eigenvalue weighted by atomic mass is 32.1. The van der Waals surface area contributed by atoms with Gasteiger partial charge in [0.25, 0.3) is 0 Å². The Kier molecular flexibility index (Phi) is 6.73. The van der Waals surface area contributed by atoms with Crippen LogP contribution in [-0.2, 0) is 15.0 Å². The van der Waals surface area contributed by atoms with Gasteiger partial charge < -0.3 is 15.1 Å². The number of carboxylic acids is 2. The van der Waals surface area contributed by atoms with E-state index in [1.807, 2.05) is 18.2 Å². The monoisotopic (exact) mass is 514 g/mol. The van der Waals surface area contributed by atoms with Crippen LogP contribution in [0.2, 0.25) is 0 Å². The van der Waals surface area contributed by atoms with E-state index in [1.165, 1.54) is 0 Å². The first kappa shape index (κ1) is 25.0. The Morgan fingerprint density at radius 3 is 2.11 bits per heavy atom.